The molecule has 1 aromatic carbocycles. The zero-order chi connectivity index (χ0) is 19.7. The quantitative estimate of drug-likeness (QED) is 0.821. The number of rotatable bonds is 3. The van der Waals surface area contributed by atoms with Gasteiger partial charge in [-0.3, -0.25) is 14.4 Å². The average molecular weight is 400 g/mol. The summed E-state index contributed by atoms with van der Waals surface area (Å²) in [7, 11) is 0. The highest BCUT2D eigenvalue weighted by atomic mass is 32.1. The van der Waals surface area contributed by atoms with Crippen LogP contribution >= 0.6 is 11.3 Å². The van der Waals surface area contributed by atoms with Crippen molar-refractivity contribution in [1.82, 2.24) is 15.2 Å². The molecule has 0 saturated carbocycles. The van der Waals surface area contributed by atoms with E-state index in [0.29, 0.717) is 35.8 Å². The van der Waals surface area contributed by atoms with Crippen LogP contribution in [0.4, 0.5) is 5.13 Å². The number of likely N-dealkylation sites (tertiary alicyclic amines) is 1. The second kappa shape index (κ2) is 7.23. The molecular weight excluding hydrogens is 380 g/mol. The van der Waals surface area contributed by atoms with Gasteiger partial charge >= 0.3 is 0 Å². The van der Waals surface area contributed by atoms with Crippen molar-refractivity contribution in [3.63, 3.8) is 0 Å². The second-order valence-corrected chi connectivity index (χ2v) is 7.78. The van der Waals surface area contributed by atoms with Crippen molar-refractivity contribution >= 4 is 34.2 Å². The van der Waals surface area contributed by atoms with Crippen LogP contribution in [0.5, 0.6) is 5.75 Å². The Kier molecular flexibility index (Phi) is 4.76. The first-order valence-corrected chi connectivity index (χ1v) is 9.96. The van der Waals surface area contributed by atoms with Gasteiger partial charge in [-0.25, -0.2) is 4.98 Å². The Morgan fingerprint density at radius 1 is 1.36 bits per heavy atom. The normalized spacial score (nSPS) is 22.7. The molecule has 3 heterocycles. The number of ether oxygens (including phenoxy) is 1. The van der Waals surface area contributed by atoms with Crippen molar-refractivity contribution < 1.29 is 19.1 Å². The predicted molar refractivity (Wildman–Crippen MR) is 103 cm³/mol. The summed E-state index contributed by atoms with van der Waals surface area (Å²) in [4.78, 5) is 43.3. The Morgan fingerprint density at radius 3 is 2.96 bits per heavy atom. The van der Waals surface area contributed by atoms with Crippen molar-refractivity contribution in [2.45, 2.75) is 38.0 Å². The minimum Gasteiger partial charge on any atom is -0.467 e. The third kappa shape index (κ3) is 3.45. The number of anilines is 1. The molecule has 8 nitrogen and oxygen atoms in total. The first-order valence-electron chi connectivity index (χ1n) is 9.08. The Balaban J connectivity index is 1.49. The molecule has 28 heavy (non-hydrogen) atoms. The lowest BCUT2D eigenvalue weighted by atomic mass is 10.0. The number of carbonyl (C=O) groups is 3. The first kappa shape index (κ1) is 18.4. The summed E-state index contributed by atoms with van der Waals surface area (Å²) in [5.41, 5.74) is -0.460. The highest BCUT2D eigenvalue weighted by Gasteiger charge is 2.43. The molecule has 2 N–H and O–H groups in total. The Hall–Kier alpha value is -2.94. The van der Waals surface area contributed by atoms with Crippen molar-refractivity contribution in [2.24, 2.45) is 0 Å². The number of nitrogens with zero attached hydrogens (tertiary/aromatic N) is 2. The summed E-state index contributed by atoms with van der Waals surface area (Å²) in [6, 6.07) is 6.39. The molecular formula is C19H20N4O4S. The number of hydrogen-bond acceptors (Lipinski definition) is 6. The topological polar surface area (TPSA) is 101 Å². The predicted octanol–water partition coefficient (Wildman–Crippen LogP) is 2.00. The second-order valence-electron chi connectivity index (χ2n) is 6.89. The number of fused-ring (bicyclic) bond motifs is 1. The van der Waals surface area contributed by atoms with Crippen LogP contribution in [-0.2, 0) is 9.59 Å². The molecule has 2 aromatic rings. The van der Waals surface area contributed by atoms with Crippen molar-refractivity contribution in [1.29, 1.82) is 0 Å². The lowest BCUT2D eigenvalue weighted by molar-refractivity contribution is -0.137. The molecule has 1 spiro atoms. The van der Waals surface area contributed by atoms with Gasteiger partial charge in [0, 0.05) is 37.4 Å². The van der Waals surface area contributed by atoms with E-state index in [-0.39, 0.29) is 24.1 Å². The van der Waals surface area contributed by atoms with E-state index in [1.807, 2.05) is 6.07 Å². The number of para-hydroxylation sites is 1. The van der Waals surface area contributed by atoms with Crippen LogP contribution < -0.4 is 15.4 Å². The van der Waals surface area contributed by atoms with Gasteiger partial charge in [-0.1, -0.05) is 12.1 Å². The van der Waals surface area contributed by atoms with Crippen molar-refractivity contribution in [3.05, 3.63) is 41.4 Å². The molecule has 0 bridgehead atoms. The number of carbonyl (C=O) groups excluding carboxylic acids is 3. The van der Waals surface area contributed by atoms with Gasteiger partial charge < -0.3 is 20.3 Å². The molecule has 0 aliphatic carbocycles. The van der Waals surface area contributed by atoms with Gasteiger partial charge in [-0.2, -0.15) is 0 Å². The molecule has 1 aromatic heterocycles. The third-order valence-corrected chi connectivity index (χ3v) is 5.80. The molecule has 9 heteroatoms. The molecule has 146 valence electrons. The van der Waals surface area contributed by atoms with Crippen LogP contribution in [0.3, 0.4) is 0 Å². The number of hydrogen-bond donors (Lipinski definition) is 2. The molecule has 2 aliphatic heterocycles. The van der Waals surface area contributed by atoms with E-state index >= 15 is 0 Å². The summed E-state index contributed by atoms with van der Waals surface area (Å²) in [5, 5.41) is 7.91. The Bertz CT molecular complexity index is 916. The molecule has 2 aliphatic rings. The lowest BCUT2D eigenvalue weighted by Crippen LogP contribution is -2.56. The number of benzene rings is 1. The maximum absolute atomic E-state index is 12.7. The van der Waals surface area contributed by atoms with Gasteiger partial charge in [0.1, 0.15) is 11.8 Å². The summed E-state index contributed by atoms with van der Waals surface area (Å²) >= 11 is 1.32. The molecule has 4 rings (SSSR count). The van der Waals surface area contributed by atoms with E-state index in [4.69, 9.17) is 4.74 Å². The minimum absolute atomic E-state index is 0.143. The molecule has 1 saturated heterocycles. The van der Waals surface area contributed by atoms with E-state index in [2.05, 4.69) is 15.6 Å². The largest absolute Gasteiger partial charge is 0.467 e. The molecule has 0 radical (unpaired) electrons. The highest BCUT2D eigenvalue weighted by molar-refractivity contribution is 7.13. The zero-order valence-corrected chi connectivity index (χ0v) is 16.1. The van der Waals surface area contributed by atoms with Crippen LogP contribution in [-0.4, -0.2) is 45.9 Å². The fraction of sp³-hybridized carbons (Fsp3) is 0.368. The van der Waals surface area contributed by atoms with Crippen LogP contribution in [0.15, 0.2) is 35.8 Å². The zero-order valence-electron chi connectivity index (χ0n) is 15.3. The van der Waals surface area contributed by atoms with Gasteiger partial charge in [-0.05, 0) is 19.1 Å². The fourth-order valence-electron chi connectivity index (χ4n) is 3.53. The highest BCUT2D eigenvalue weighted by Crippen LogP contribution is 2.34. The number of thiazole rings is 1. The lowest BCUT2D eigenvalue weighted by Gasteiger charge is -2.38. The van der Waals surface area contributed by atoms with Gasteiger partial charge in [-0.15, -0.1) is 11.3 Å². The monoisotopic (exact) mass is 400 g/mol. The smallest absolute Gasteiger partial charge is 0.258 e. The van der Waals surface area contributed by atoms with E-state index in [0.717, 1.165) is 0 Å². The summed E-state index contributed by atoms with van der Waals surface area (Å²) in [6.07, 6.45) is 2.53. The molecule has 0 unspecified atom stereocenters. The van der Waals surface area contributed by atoms with Crippen LogP contribution in [0.1, 0.15) is 36.5 Å². The minimum atomic E-state index is -0.943. The van der Waals surface area contributed by atoms with E-state index in [9.17, 15) is 14.4 Å². The summed E-state index contributed by atoms with van der Waals surface area (Å²) < 4.78 is 6.11. The SMILES string of the molecule is C[C@H](C(=O)Nc1nccs1)N1CC[C@]2(CCC1=O)NC(=O)c1ccccc1O2. The van der Waals surface area contributed by atoms with Gasteiger partial charge in [0.15, 0.2) is 10.9 Å². The number of nitrogens with one attached hydrogen (secondary N) is 2. The third-order valence-electron chi connectivity index (χ3n) is 5.11. The van der Waals surface area contributed by atoms with E-state index < -0.39 is 11.8 Å². The summed E-state index contributed by atoms with van der Waals surface area (Å²) in [5.74, 6) is -0.132. The van der Waals surface area contributed by atoms with Gasteiger partial charge in [0.05, 0.1) is 5.56 Å². The van der Waals surface area contributed by atoms with Crippen molar-refractivity contribution in [2.75, 3.05) is 11.9 Å². The van der Waals surface area contributed by atoms with Crippen LogP contribution in [0.2, 0.25) is 0 Å². The average Bonchev–Trinajstić information content (AvgIpc) is 3.14. The molecule has 1 fully saturated rings. The van der Waals surface area contributed by atoms with E-state index in [1.165, 1.54) is 16.2 Å². The summed E-state index contributed by atoms with van der Waals surface area (Å²) in [6.45, 7) is 1.99. The Labute approximate surface area is 165 Å². The maximum Gasteiger partial charge on any atom is 0.258 e. The number of amides is 3. The fourth-order valence-corrected chi connectivity index (χ4v) is 4.06. The van der Waals surface area contributed by atoms with Crippen LogP contribution in [0.25, 0.3) is 0 Å². The van der Waals surface area contributed by atoms with Gasteiger partial charge in [0.25, 0.3) is 5.91 Å². The molecule has 2 atom stereocenters. The standard InChI is InChI=1S/C19H20N4O4S/c1-12(16(25)21-18-20-9-11-28-18)23-10-8-19(7-6-15(23)24)22-17(26)13-4-2-3-5-14(13)27-19/h2-5,9,11-12H,6-8,10H2,1H3,(H,22,26)(H,20,21,25)/t12-,19-/m1/s1. The van der Waals surface area contributed by atoms with E-state index in [1.54, 1.807) is 36.7 Å². The van der Waals surface area contributed by atoms with Crippen molar-refractivity contribution in [3.8, 4) is 5.75 Å². The Morgan fingerprint density at radius 2 is 2.18 bits per heavy atom. The van der Waals surface area contributed by atoms with Gasteiger partial charge in [0.2, 0.25) is 11.8 Å². The van der Waals surface area contributed by atoms with Crippen LogP contribution in [0, 0.1) is 0 Å². The maximum atomic E-state index is 12.7. The molecule has 3 amide bonds. The number of aromatic nitrogens is 1. The first-order chi connectivity index (χ1) is 13.5.